The summed E-state index contributed by atoms with van der Waals surface area (Å²) in [5.41, 5.74) is -4.02. The van der Waals surface area contributed by atoms with Crippen molar-refractivity contribution in [1.82, 2.24) is 5.32 Å². The molecule has 0 aromatic carbocycles. The topological polar surface area (TPSA) is 32.3 Å². The van der Waals surface area contributed by atoms with E-state index in [-0.39, 0.29) is 25.9 Å². The van der Waals surface area contributed by atoms with Gasteiger partial charge in [0.15, 0.2) is 0 Å². The zero-order chi connectivity index (χ0) is 14.9. The number of piperidine rings is 1. The third-order valence-electron chi connectivity index (χ3n) is 3.80. The first-order valence-corrected chi connectivity index (χ1v) is 6.09. The molecule has 0 aromatic heterocycles. The summed E-state index contributed by atoms with van der Waals surface area (Å²) in [7, 11) is 0. The summed E-state index contributed by atoms with van der Waals surface area (Å²) in [5, 5.41) is 12.6. The summed E-state index contributed by atoms with van der Waals surface area (Å²) < 4.78 is 67.5. The molecule has 1 fully saturated rings. The average molecular weight is 287 g/mol. The molecule has 112 valence electrons. The third kappa shape index (κ3) is 2.63. The van der Waals surface area contributed by atoms with Crippen LogP contribution in [0, 0.1) is 11.8 Å². The van der Waals surface area contributed by atoms with E-state index in [0.29, 0.717) is 0 Å². The third-order valence-corrected chi connectivity index (χ3v) is 3.80. The molecule has 0 amide bonds. The number of hydrogen-bond donors (Lipinski definition) is 2. The largest absolute Gasteiger partial charge is 0.423 e. The van der Waals surface area contributed by atoms with Gasteiger partial charge in [0.2, 0.25) is 5.60 Å². The van der Waals surface area contributed by atoms with Crippen LogP contribution < -0.4 is 5.32 Å². The Labute approximate surface area is 108 Å². The first-order valence-electron chi connectivity index (χ1n) is 6.09. The van der Waals surface area contributed by atoms with Crippen molar-refractivity contribution in [3.63, 3.8) is 0 Å². The van der Waals surface area contributed by atoms with Gasteiger partial charge in [0.25, 0.3) is 5.92 Å². The molecule has 1 heterocycles. The standard InChI is InChI=1S/C12H18F5NO/c1-3-8(2)11(13,14)10(19,12(15,16)17)9-4-6-18-7-5-9/h3,8-9,18-19H,1,4-7H2,2H3. The lowest BCUT2D eigenvalue weighted by Gasteiger charge is -2.45. The second-order valence-electron chi connectivity index (χ2n) is 4.94. The monoisotopic (exact) mass is 287 g/mol. The van der Waals surface area contributed by atoms with E-state index < -0.39 is 29.5 Å². The van der Waals surface area contributed by atoms with E-state index in [4.69, 9.17) is 0 Å². The first-order chi connectivity index (χ1) is 8.59. The van der Waals surface area contributed by atoms with Crippen LogP contribution >= 0.6 is 0 Å². The zero-order valence-electron chi connectivity index (χ0n) is 10.6. The van der Waals surface area contributed by atoms with Gasteiger partial charge in [-0.3, -0.25) is 0 Å². The predicted octanol–water partition coefficient (Wildman–Crippen LogP) is 2.74. The number of alkyl halides is 5. The number of halogens is 5. The Kier molecular flexibility index (Phi) is 4.62. The summed E-state index contributed by atoms with van der Waals surface area (Å²) in [6.07, 6.45) is -4.95. The highest BCUT2D eigenvalue weighted by atomic mass is 19.4. The van der Waals surface area contributed by atoms with E-state index in [2.05, 4.69) is 11.9 Å². The molecule has 19 heavy (non-hydrogen) atoms. The lowest BCUT2D eigenvalue weighted by Crippen LogP contribution is -2.66. The van der Waals surface area contributed by atoms with Crippen molar-refractivity contribution >= 4 is 0 Å². The first kappa shape index (κ1) is 16.4. The van der Waals surface area contributed by atoms with Gasteiger partial charge in [0, 0.05) is 11.8 Å². The van der Waals surface area contributed by atoms with Crippen LogP contribution in [-0.2, 0) is 0 Å². The van der Waals surface area contributed by atoms with Crippen LogP contribution in [0.1, 0.15) is 19.8 Å². The Morgan fingerprint density at radius 2 is 1.68 bits per heavy atom. The van der Waals surface area contributed by atoms with Crippen LogP contribution in [0.5, 0.6) is 0 Å². The molecule has 1 aliphatic rings. The zero-order valence-corrected chi connectivity index (χ0v) is 10.6. The molecule has 2 N–H and O–H groups in total. The van der Waals surface area contributed by atoms with E-state index in [1.165, 1.54) is 0 Å². The minimum Gasteiger partial charge on any atom is -0.376 e. The van der Waals surface area contributed by atoms with Gasteiger partial charge in [-0.2, -0.15) is 13.2 Å². The van der Waals surface area contributed by atoms with Crippen LogP contribution in [-0.4, -0.2) is 35.9 Å². The summed E-state index contributed by atoms with van der Waals surface area (Å²) in [6, 6.07) is 0. The van der Waals surface area contributed by atoms with Crippen LogP contribution in [0.2, 0.25) is 0 Å². The summed E-state index contributed by atoms with van der Waals surface area (Å²) >= 11 is 0. The summed E-state index contributed by atoms with van der Waals surface area (Å²) in [5.74, 6) is -7.60. The number of allylic oxidation sites excluding steroid dienone is 1. The number of hydrogen-bond acceptors (Lipinski definition) is 2. The molecular formula is C12H18F5NO. The SMILES string of the molecule is C=CC(C)C(F)(F)C(O)(C1CCNCC1)C(F)(F)F. The molecule has 0 saturated carbocycles. The van der Waals surface area contributed by atoms with Crippen molar-refractivity contribution in [2.24, 2.45) is 11.8 Å². The smallest absolute Gasteiger partial charge is 0.376 e. The molecule has 1 aliphatic heterocycles. The Morgan fingerprint density at radius 3 is 2.05 bits per heavy atom. The Morgan fingerprint density at radius 1 is 1.21 bits per heavy atom. The Bertz CT molecular complexity index is 325. The maximum atomic E-state index is 14.1. The number of aliphatic hydroxyl groups is 1. The highest BCUT2D eigenvalue weighted by molar-refractivity contribution is 5.09. The van der Waals surface area contributed by atoms with Crippen molar-refractivity contribution in [2.45, 2.75) is 37.5 Å². The van der Waals surface area contributed by atoms with Crippen LogP contribution in [0.4, 0.5) is 22.0 Å². The number of rotatable bonds is 4. The second kappa shape index (κ2) is 5.36. The molecule has 1 saturated heterocycles. The molecule has 0 spiro atoms. The van der Waals surface area contributed by atoms with Crippen molar-refractivity contribution < 1.29 is 27.1 Å². The molecule has 2 unspecified atom stereocenters. The normalized spacial score (nSPS) is 23.7. The summed E-state index contributed by atoms with van der Waals surface area (Å²) in [6.45, 7) is 4.38. The maximum absolute atomic E-state index is 14.1. The second-order valence-corrected chi connectivity index (χ2v) is 4.94. The quantitative estimate of drug-likeness (QED) is 0.615. The molecule has 7 heteroatoms. The van der Waals surface area contributed by atoms with Crippen molar-refractivity contribution in [3.05, 3.63) is 12.7 Å². The van der Waals surface area contributed by atoms with E-state index in [9.17, 15) is 27.1 Å². The van der Waals surface area contributed by atoms with E-state index in [1.54, 1.807) is 0 Å². The molecule has 0 aromatic rings. The fourth-order valence-corrected chi connectivity index (χ4v) is 2.43. The van der Waals surface area contributed by atoms with Crippen LogP contribution in [0.25, 0.3) is 0 Å². The molecular weight excluding hydrogens is 269 g/mol. The fourth-order valence-electron chi connectivity index (χ4n) is 2.43. The van der Waals surface area contributed by atoms with Gasteiger partial charge in [-0.1, -0.05) is 13.0 Å². The molecule has 0 aliphatic carbocycles. The van der Waals surface area contributed by atoms with Gasteiger partial charge in [-0.25, -0.2) is 8.78 Å². The maximum Gasteiger partial charge on any atom is 0.423 e. The van der Waals surface area contributed by atoms with Crippen molar-refractivity contribution in [3.8, 4) is 0 Å². The van der Waals surface area contributed by atoms with Gasteiger partial charge >= 0.3 is 6.18 Å². The Balaban J connectivity index is 3.23. The lowest BCUT2D eigenvalue weighted by atomic mass is 9.72. The van der Waals surface area contributed by atoms with Crippen molar-refractivity contribution in [1.29, 1.82) is 0 Å². The number of nitrogens with one attached hydrogen (secondary N) is 1. The highest BCUT2D eigenvalue weighted by Gasteiger charge is 2.72. The summed E-state index contributed by atoms with van der Waals surface area (Å²) in [4.78, 5) is 0. The molecule has 2 nitrogen and oxygen atoms in total. The van der Waals surface area contributed by atoms with Crippen LogP contribution in [0.15, 0.2) is 12.7 Å². The van der Waals surface area contributed by atoms with Gasteiger partial charge in [-0.05, 0) is 25.9 Å². The van der Waals surface area contributed by atoms with Gasteiger partial charge in [0.05, 0.1) is 0 Å². The van der Waals surface area contributed by atoms with Gasteiger partial charge in [-0.15, -0.1) is 6.58 Å². The van der Waals surface area contributed by atoms with Gasteiger partial charge < -0.3 is 10.4 Å². The highest BCUT2D eigenvalue weighted by Crippen LogP contribution is 2.52. The van der Waals surface area contributed by atoms with Crippen molar-refractivity contribution in [2.75, 3.05) is 13.1 Å². The van der Waals surface area contributed by atoms with E-state index >= 15 is 0 Å². The molecule has 2 atom stereocenters. The lowest BCUT2D eigenvalue weighted by molar-refractivity contribution is -0.359. The van der Waals surface area contributed by atoms with Crippen LogP contribution in [0.3, 0.4) is 0 Å². The van der Waals surface area contributed by atoms with E-state index in [0.717, 1.165) is 13.0 Å². The molecule has 0 radical (unpaired) electrons. The fraction of sp³-hybridized carbons (Fsp3) is 0.833. The average Bonchev–Trinajstić information content (AvgIpc) is 2.36. The molecule has 0 bridgehead atoms. The minimum atomic E-state index is -5.39. The van der Waals surface area contributed by atoms with E-state index in [1.807, 2.05) is 0 Å². The minimum absolute atomic E-state index is 0.143. The molecule has 1 rings (SSSR count). The predicted molar refractivity (Wildman–Crippen MR) is 60.9 cm³/mol. The van der Waals surface area contributed by atoms with Gasteiger partial charge in [0.1, 0.15) is 0 Å². The Hall–Kier alpha value is -0.690.